The molecule has 80 valence electrons. The molecule has 0 atom stereocenters. The molecule has 0 saturated heterocycles. The van der Waals surface area contributed by atoms with Gasteiger partial charge < -0.3 is 9.16 Å². The maximum Gasteiger partial charge on any atom is 0.329 e. The van der Waals surface area contributed by atoms with Crippen molar-refractivity contribution < 1.29 is 18.8 Å². The van der Waals surface area contributed by atoms with Crippen molar-refractivity contribution in [1.82, 2.24) is 0 Å². The van der Waals surface area contributed by atoms with Crippen molar-refractivity contribution in [3.8, 4) is 0 Å². The van der Waals surface area contributed by atoms with Gasteiger partial charge >= 0.3 is 5.97 Å². The van der Waals surface area contributed by atoms with E-state index in [1.807, 2.05) is 13.1 Å². The minimum atomic E-state index is -2.21. The average molecular weight is 216 g/mol. The van der Waals surface area contributed by atoms with Crippen LogP contribution in [0.5, 0.6) is 0 Å². The Morgan fingerprint density at radius 3 is 2.43 bits per heavy atom. The van der Waals surface area contributed by atoms with Gasteiger partial charge in [0.15, 0.2) is 0 Å². The number of rotatable bonds is 5. The zero-order chi connectivity index (χ0) is 11.2. The molecular formula is C9H16O4Si. The zero-order valence-electron chi connectivity index (χ0n) is 8.83. The molecule has 0 heterocycles. The highest BCUT2D eigenvalue weighted by atomic mass is 28.4. The second kappa shape index (κ2) is 5.59. The molecule has 0 N–H and O–H groups in total. The highest BCUT2D eigenvalue weighted by Gasteiger charge is 2.28. The molecule has 0 aliphatic rings. The normalized spacial score (nSPS) is 10.5. The molecule has 14 heavy (non-hydrogen) atoms. The SMILES string of the molecule is C=CC(=O)OC[Si](C)(C)OC(=O)CC. The van der Waals surface area contributed by atoms with Crippen LogP contribution >= 0.6 is 0 Å². The van der Waals surface area contributed by atoms with Crippen LogP contribution in [0.25, 0.3) is 0 Å². The first-order chi connectivity index (χ1) is 6.41. The molecule has 5 heteroatoms. The Bertz CT molecular complexity index is 235. The fourth-order valence-electron chi connectivity index (χ4n) is 0.714. The van der Waals surface area contributed by atoms with Crippen LogP contribution in [-0.4, -0.2) is 26.5 Å². The van der Waals surface area contributed by atoms with Crippen LogP contribution in [0, 0.1) is 0 Å². The summed E-state index contributed by atoms with van der Waals surface area (Å²) < 4.78 is 10.00. The lowest BCUT2D eigenvalue weighted by Crippen LogP contribution is -2.39. The molecular weight excluding hydrogens is 200 g/mol. The van der Waals surface area contributed by atoms with Crippen LogP contribution in [-0.2, 0) is 18.8 Å². The van der Waals surface area contributed by atoms with Crippen molar-refractivity contribution >= 4 is 20.3 Å². The van der Waals surface area contributed by atoms with E-state index in [-0.39, 0.29) is 12.2 Å². The summed E-state index contributed by atoms with van der Waals surface area (Å²) in [5, 5.41) is 0. The summed E-state index contributed by atoms with van der Waals surface area (Å²) in [5.74, 6) is -0.741. The van der Waals surface area contributed by atoms with Gasteiger partial charge in [0.1, 0.15) is 6.23 Å². The van der Waals surface area contributed by atoms with Crippen LogP contribution in [0.3, 0.4) is 0 Å². The summed E-state index contributed by atoms with van der Waals surface area (Å²) in [6, 6.07) is 0. The highest BCUT2D eigenvalue weighted by Crippen LogP contribution is 2.06. The van der Waals surface area contributed by atoms with Crippen molar-refractivity contribution in [3.05, 3.63) is 12.7 Å². The van der Waals surface area contributed by atoms with Crippen LogP contribution in [0.2, 0.25) is 13.1 Å². The molecule has 0 saturated carbocycles. The van der Waals surface area contributed by atoms with Crippen molar-refractivity contribution in [2.45, 2.75) is 26.4 Å². The molecule has 0 aromatic heterocycles. The third-order valence-electron chi connectivity index (χ3n) is 1.41. The maximum absolute atomic E-state index is 11.0. The molecule has 0 fully saturated rings. The lowest BCUT2D eigenvalue weighted by atomic mass is 10.5. The van der Waals surface area contributed by atoms with Crippen LogP contribution < -0.4 is 0 Å². The Balaban J connectivity index is 4.00. The number of esters is 1. The lowest BCUT2D eigenvalue weighted by molar-refractivity contribution is -0.139. The predicted octanol–water partition coefficient (Wildman–Crippen LogP) is 1.41. The first-order valence-corrected chi connectivity index (χ1v) is 7.54. The Morgan fingerprint density at radius 2 is 2.00 bits per heavy atom. The molecule has 4 nitrogen and oxygen atoms in total. The highest BCUT2D eigenvalue weighted by molar-refractivity contribution is 6.72. The van der Waals surface area contributed by atoms with E-state index in [4.69, 9.17) is 9.16 Å². The van der Waals surface area contributed by atoms with Gasteiger partial charge in [-0.2, -0.15) is 0 Å². The molecule has 0 amide bonds. The largest absolute Gasteiger partial charge is 0.516 e. The van der Waals surface area contributed by atoms with E-state index in [0.717, 1.165) is 6.08 Å². The average Bonchev–Trinajstić information content (AvgIpc) is 2.13. The Labute approximate surface area is 85.0 Å². The first-order valence-electron chi connectivity index (χ1n) is 4.42. The van der Waals surface area contributed by atoms with Gasteiger partial charge in [-0.25, -0.2) is 4.79 Å². The molecule has 0 rings (SSSR count). The predicted molar refractivity (Wildman–Crippen MR) is 55.0 cm³/mol. The molecule has 0 radical (unpaired) electrons. The quantitative estimate of drug-likeness (QED) is 0.396. The van der Waals surface area contributed by atoms with E-state index in [9.17, 15) is 9.59 Å². The number of hydrogen-bond donors (Lipinski definition) is 0. The lowest BCUT2D eigenvalue weighted by Gasteiger charge is -2.21. The standard InChI is InChI=1S/C9H16O4Si/c1-5-8(10)12-7-14(3,4)13-9(11)6-2/h5H,1,6-7H2,2-4H3. The van der Waals surface area contributed by atoms with Crippen molar-refractivity contribution in [2.24, 2.45) is 0 Å². The summed E-state index contributed by atoms with van der Waals surface area (Å²) in [6.07, 6.45) is 1.60. The topological polar surface area (TPSA) is 52.6 Å². The minimum absolute atomic E-state index is 0.170. The van der Waals surface area contributed by atoms with Gasteiger partial charge in [-0.05, 0) is 13.1 Å². The van der Waals surface area contributed by atoms with Gasteiger partial charge in [0, 0.05) is 12.5 Å². The van der Waals surface area contributed by atoms with E-state index in [1.165, 1.54) is 0 Å². The van der Waals surface area contributed by atoms with Crippen molar-refractivity contribution in [2.75, 3.05) is 6.23 Å². The van der Waals surface area contributed by atoms with Gasteiger partial charge in [0.2, 0.25) is 0 Å². The fourth-order valence-corrected chi connectivity index (χ4v) is 2.02. The minimum Gasteiger partial charge on any atom is -0.516 e. The van der Waals surface area contributed by atoms with Gasteiger partial charge in [0.05, 0.1) is 0 Å². The molecule has 0 unspecified atom stereocenters. The molecule has 0 spiro atoms. The van der Waals surface area contributed by atoms with Gasteiger partial charge in [0.25, 0.3) is 14.3 Å². The fraction of sp³-hybridized carbons (Fsp3) is 0.556. The number of carbonyl (C=O) groups excluding carboxylic acids is 2. The van der Waals surface area contributed by atoms with E-state index in [0.29, 0.717) is 6.42 Å². The summed E-state index contributed by atoms with van der Waals surface area (Å²) >= 11 is 0. The molecule has 0 aromatic rings. The van der Waals surface area contributed by atoms with E-state index < -0.39 is 14.3 Å². The Morgan fingerprint density at radius 1 is 1.43 bits per heavy atom. The van der Waals surface area contributed by atoms with E-state index in [2.05, 4.69) is 6.58 Å². The summed E-state index contributed by atoms with van der Waals surface area (Å²) in [5.41, 5.74) is 0. The van der Waals surface area contributed by atoms with Crippen LogP contribution in [0.4, 0.5) is 0 Å². The summed E-state index contributed by atoms with van der Waals surface area (Å²) in [7, 11) is -2.21. The third-order valence-corrected chi connectivity index (χ3v) is 3.03. The van der Waals surface area contributed by atoms with E-state index in [1.54, 1.807) is 6.92 Å². The molecule has 0 aliphatic heterocycles. The zero-order valence-corrected chi connectivity index (χ0v) is 9.83. The van der Waals surface area contributed by atoms with E-state index >= 15 is 0 Å². The van der Waals surface area contributed by atoms with Gasteiger partial charge in [-0.3, -0.25) is 4.79 Å². The molecule has 0 bridgehead atoms. The second-order valence-electron chi connectivity index (χ2n) is 3.40. The smallest absolute Gasteiger partial charge is 0.329 e. The van der Waals surface area contributed by atoms with Crippen molar-refractivity contribution in [1.29, 1.82) is 0 Å². The maximum atomic E-state index is 11.0. The monoisotopic (exact) mass is 216 g/mol. The second-order valence-corrected chi connectivity index (χ2v) is 7.41. The number of hydrogen-bond acceptors (Lipinski definition) is 4. The number of ether oxygens (including phenoxy) is 1. The third kappa shape index (κ3) is 5.53. The Kier molecular flexibility index (Phi) is 5.15. The molecule has 0 aromatic carbocycles. The van der Waals surface area contributed by atoms with Crippen molar-refractivity contribution in [3.63, 3.8) is 0 Å². The van der Waals surface area contributed by atoms with Gasteiger partial charge in [-0.1, -0.05) is 13.5 Å². The van der Waals surface area contributed by atoms with Crippen LogP contribution in [0.15, 0.2) is 12.7 Å². The van der Waals surface area contributed by atoms with Gasteiger partial charge in [-0.15, -0.1) is 0 Å². The molecule has 0 aliphatic carbocycles. The first kappa shape index (κ1) is 12.9. The van der Waals surface area contributed by atoms with Crippen LogP contribution in [0.1, 0.15) is 13.3 Å². The summed E-state index contributed by atoms with van der Waals surface area (Å²) in [4.78, 5) is 21.7. The number of carbonyl (C=O) groups is 2. The Hall–Kier alpha value is -1.10. The summed E-state index contributed by atoms with van der Waals surface area (Å²) in [6.45, 7) is 8.63.